The second-order valence-electron chi connectivity index (χ2n) is 3.93. The molecule has 1 atom stereocenters. The number of rotatable bonds is 0. The van der Waals surface area contributed by atoms with Crippen LogP contribution in [0.25, 0.3) is 0 Å². The third kappa shape index (κ3) is 1.30. The number of alkyl halides is 1. The molecule has 0 aliphatic heterocycles. The molecule has 0 bridgehead atoms. The van der Waals surface area contributed by atoms with Crippen molar-refractivity contribution in [3.8, 4) is 0 Å². The van der Waals surface area contributed by atoms with Crippen LogP contribution in [-0.2, 0) is 12.1 Å². The molecule has 1 unspecified atom stereocenters. The maximum atomic E-state index is 14.0. The van der Waals surface area contributed by atoms with E-state index in [1.807, 2.05) is 12.1 Å². The van der Waals surface area contributed by atoms with E-state index < -0.39 is 5.67 Å². The second-order valence-corrected chi connectivity index (χ2v) is 3.93. The summed E-state index contributed by atoms with van der Waals surface area (Å²) in [5.41, 5.74) is 6.96. The van der Waals surface area contributed by atoms with Crippen LogP contribution in [0.2, 0.25) is 0 Å². The highest BCUT2D eigenvalue weighted by atomic mass is 19.1. The molecule has 2 rings (SSSR count). The van der Waals surface area contributed by atoms with E-state index >= 15 is 0 Å². The zero-order valence-corrected chi connectivity index (χ0v) is 7.81. The van der Waals surface area contributed by atoms with Gasteiger partial charge in [0.25, 0.3) is 0 Å². The SMILES string of the molecule is CC1(F)CCCc2cccc(N)c21. The summed E-state index contributed by atoms with van der Waals surface area (Å²) in [7, 11) is 0. The number of hydrogen-bond donors (Lipinski definition) is 1. The molecule has 0 heterocycles. The van der Waals surface area contributed by atoms with Crippen molar-refractivity contribution in [3.05, 3.63) is 29.3 Å². The quantitative estimate of drug-likeness (QED) is 0.609. The number of nitrogen functional groups attached to an aromatic ring is 1. The lowest BCUT2D eigenvalue weighted by molar-refractivity contribution is 0.163. The Morgan fingerprint density at radius 3 is 2.92 bits per heavy atom. The summed E-state index contributed by atoms with van der Waals surface area (Å²) in [6.45, 7) is 1.63. The standard InChI is InChI=1S/C11H14FN/c1-11(12)7-3-5-8-4-2-6-9(13)10(8)11/h2,4,6H,3,5,7,13H2,1H3. The van der Waals surface area contributed by atoms with Crippen LogP contribution in [0.5, 0.6) is 0 Å². The van der Waals surface area contributed by atoms with Gasteiger partial charge in [0.15, 0.2) is 0 Å². The van der Waals surface area contributed by atoms with Gasteiger partial charge in [-0.15, -0.1) is 0 Å². The number of hydrogen-bond acceptors (Lipinski definition) is 1. The van der Waals surface area contributed by atoms with Crippen molar-refractivity contribution in [1.29, 1.82) is 0 Å². The maximum Gasteiger partial charge on any atom is 0.135 e. The third-order valence-corrected chi connectivity index (χ3v) is 2.80. The molecular formula is C11H14FN. The van der Waals surface area contributed by atoms with E-state index in [4.69, 9.17) is 5.73 Å². The Hall–Kier alpha value is -1.05. The maximum absolute atomic E-state index is 14.0. The molecule has 2 N–H and O–H groups in total. The number of anilines is 1. The predicted octanol–water partition coefficient (Wildman–Crippen LogP) is 2.79. The summed E-state index contributed by atoms with van der Waals surface area (Å²) in [4.78, 5) is 0. The van der Waals surface area contributed by atoms with Crippen LogP contribution in [0, 0.1) is 0 Å². The Bertz CT molecular complexity index is 331. The zero-order valence-electron chi connectivity index (χ0n) is 7.81. The third-order valence-electron chi connectivity index (χ3n) is 2.80. The highest BCUT2D eigenvalue weighted by molar-refractivity contribution is 5.54. The lowest BCUT2D eigenvalue weighted by atomic mass is 9.81. The van der Waals surface area contributed by atoms with Crippen LogP contribution >= 0.6 is 0 Å². The minimum Gasteiger partial charge on any atom is -0.398 e. The van der Waals surface area contributed by atoms with Crippen molar-refractivity contribution in [2.45, 2.75) is 31.9 Å². The van der Waals surface area contributed by atoms with E-state index in [1.165, 1.54) is 0 Å². The van der Waals surface area contributed by atoms with E-state index in [0.717, 1.165) is 24.0 Å². The van der Waals surface area contributed by atoms with Crippen molar-refractivity contribution < 1.29 is 4.39 Å². The molecule has 1 aromatic carbocycles. The van der Waals surface area contributed by atoms with E-state index in [-0.39, 0.29) is 0 Å². The average molecular weight is 179 g/mol. The Labute approximate surface area is 77.8 Å². The average Bonchev–Trinajstić information content (AvgIpc) is 2.02. The first-order chi connectivity index (χ1) is 6.11. The molecule has 1 aliphatic carbocycles. The van der Waals surface area contributed by atoms with Crippen LogP contribution in [0.3, 0.4) is 0 Å². The number of benzene rings is 1. The number of aryl methyl sites for hydroxylation is 1. The van der Waals surface area contributed by atoms with Gasteiger partial charge in [-0.3, -0.25) is 0 Å². The molecule has 70 valence electrons. The molecule has 0 saturated carbocycles. The molecule has 1 nitrogen and oxygen atoms in total. The van der Waals surface area contributed by atoms with E-state index in [0.29, 0.717) is 12.1 Å². The van der Waals surface area contributed by atoms with Gasteiger partial charge in [-0.05, 0) is 37.8 Å². The molecule has 0 aromatic heterocycles. The van der Waals surface area contributed by atoms with Crippen LogP contribution in [-0.4, -0.2) is 0 Å². The lowest BCUT2D eigenvalue weighted by Crippen LogP contribution is -2.23. The summed E-state index contributed by atoms with van der Waals surface area (Å²) >= 11 is 0. The molecule has 1 aliphatic rings. The zero-order chi connectivity index (χ0) is 9.47. The van der Waals surface area contributed by atoms with Crippen molar-refractivity contribution in [1.82, 2.24) is 0 Å². The van der Waals surface area contributed by atoms with E-state index in [9.17, 15) is 4.39 Å². The van der Waals surface area contributed by atoms with Gasteiger partial charge in [-0.2, -0.15) is 0 Å². The number of nitrogens with two attached hydrogens (primary N) is 1. The highest BCUT2D eigenvalue weighted by Gasteiger charge is 2.33. The Kier molecular flexibility index (Phi) is 1.79. The predicted molar refractivity (Wildman–Crippen MR) is 52.3 cm³/mol. The van der Waals surface area contributed by atoms with Gasteiger partial charge >= 0.3 is 0 Å². The van der Waals surface area contributed by atoms with Crippen LogP contribution in [0.4, 0.5) is 10.1 Å². The summed E-state index contributed by atoms with van der Waals surface area (Å²) in [6.07, 6.45) is 2.47. The second kappa shape index (κ2) is 2.72. The van der Waals surface area contributed by atoms with Crippen LogP contribution in [0.15, 0.2) is 18.2 Å². The normalized spacial score (nSPS) is 26.9. The fourth-order valence-electron chi connectivity index (χ4n) is 2.20. The van der Waals surface area contributed by atoms with E-state index in [1.54, 1.807) is 13.0 Å². The van der Waals surface area contributed by atoms with Gasteiger partial charge in [0, 0.05) is 11.3 Å². The van der Waals surface area contributed by atoms with Crippen LogP contribution < -0.4 is 5.73 Å². The molecule has 0 amide bonds. The monoisotopic (exact) mass is 179 g/mol. The van der Waals surface area contributed by atoms with Gasteiger partial charge in [0.05, 0.1) is 0 Å². The molecule has 1 aromatic rings. The number of fused-ring (bicyclic) bond motifs is 1. The number of halogens is 1. The topological polar surface area (TPSA) is 26.0 Å². The smallest absolute Gasteiger partial charge is 0.135 e. The minimum atomic E-state index is -1.22. The molecular weight excluding hydrogens is 165 g/mol. The minimum absolute atomic E-state index is 0.591. The van der Waals surface area contributed by atoms with Gasteiger partial charge < -0.3 is 5.73 Å². The van der Waals surface area contributed by atoms with Crippen LogP contribution in [0.1, 0.15) is 30.9 Å². The van der Waals surface area contributed by atoms with Gasteiger partial charge in [0.1, 0.15) is 5.67 Å². The lowest BCUT2D eigenvalue weighted by Gasteiger charge is -2.29. The molecule has 13 heavy (non-hydrogen) atoms. The largest absolute Gasteiger partial charge is 0.398 e. The first kappa shape index (κ1) is 8.54. The Morgan fingerprint density at radius 2 is 2.23 bits per heavy atom. The first-order valence-electron chi connectivity index (χ1n) is 4.68. The van der Waals surface area contributed by atoms with Crippen molar-refractivity contribution in [2.75, 3.05) is 5.73 Å². The first-order valence-corrected chi connectivity index (χ1v) is 4.68. The van der Waals surface area contributed by atoms with Crippen molar-refractivity contribution in [3.63, 3.8) is 0 Å². The fraction of sp³-hybridized carbons (Fsp3) is 0.455. The molecule has 0 saturated heterocycles. The van der Waals surface area contributed by atoms with E-state index in [2.05, 4.69) is 0 Å². The summed E-state index contributed by atoms with van der Waals surface area (Å²) < 4.78 is 14.0. The van der Waals surface area contributed by atoms with Gasteiger partial charge in [0.2, 0.25) is 0 Å². The summed E-state index contributed by atoms with van der Waals surface area (Å²) in [6, 6.07) is 5.65. The molecule has 0 fully saturated rings. The Morgan fingerprint density at radius 1 is 1.46 bits per heavy atom. The highest BCUT2D eigenvalue weighted by Crippen LogP contribution is 2.41. The molecule has 0 spiro atoms. The Balaban J connectivity index is 2.61. The van der Waals surface area contributed by atoms with Crippen molar-refractivity contribution >= 4 is 5.69 Å². The molecule has 0 radical (unpaired) electrons. The molecule has 2 heteroatoms. The van der Waals surface area contributed by atoms with Gasteiger partial charge in [-0.25, -0.2) is 4.39 Å². The summed E-state index contributed by atoms with van der Waals surface area (Å²) in [5, 5.41) is 0. The van der Waals surface area contributed by atoms with Gasteiger partial charge in [-0.1, -0.05) is 12.1 Å². The summed E-state index contributed by atoms with van der Waals surface area (Å²) in [5.74, 6) is 0. The fourth-order valence-corrected chi connectivity index (χ4v) is 2.20. The van der Waals surface area contributed by atoms with Crippen molar-refractivity contribution in [2.24, 2.45) is 0 Å².